The van der Waals surface area contributed by atoms with E-state index in [0.717, 1.165) is 36.0 Å². The number of piperidine rings is 1. The molecule has 0 spiro atoms. The summed E-state index contributed by atoms with van der Waals surface area (Å²) in [6.45, 7) is 3.26. The lowest BCUT2D eigenvalue weighted by Crippen LogP contribution is -2.44. The van der Waals surface area contributed by atoms with Gasteiger partial charge >= 0.3 is 6.18 Å². The van der Waals surface area contributed by atoms with Crippen LogP contribution in [0.25, 0.3) is 0 Å². The average molecular weight is 427 g/mol. The van der Waals surface area contributed by atoms with Crippen molar-refractivity contribution >= 4 is 23.1 Å². The number of aryl methyl sites for hydroxylation is 2. The molecular formula is C20H25F3N4OS. The van der Waals surface area contributed by atoms with Crippen LogP contribution in [0.2, 0.25) is 0 Å². The largest absolute Gasteiger partial charge is 0.419 e. The molecule has 9 heteroatoms. The summed E-state index contributed by atoms with van der Waals surface area (Å²) in [6, 6.07) is 2.32. The first kappa shape index (κ1) is 21.5. The molecular weight excluding hydrogens is 401 g/mol. The van der Waals surface area contributed by atoms with E-state index in [0.29, 0.717) is 25.9 Å². The van der Waals surface area contributed by atoms with Crippen molar-refractivity contribution < 1.29 is 18.0 Å². The molecule has 1 fully saturated rings. The summed E-state index contributed by atoms with van der Waals surface area (Å²) in [7, 11) is 0. The second-order valence-corrected chi connectivity index (χ2v) is 8.23. The van der Waals surface area contributed by atoms with Gasteiger partial charge in [-0.1, -0.05) is 0 Å². The molecule has 3 heterocycles. The number of pyridine rings is 1. The molecule has 1 aliphatic heterocycles. The maximum Gasteiger partial charge on any atom is 0.419 e. The van der Waals surface area contributed by atoms with Crippen LogP contribution in [0.15, 0.2) is 23.7 Å². The van der Waals surface area contributed by atoms with Gasteiger partial charge in [0.2, 0.25) is 5.91 Å². The van der Waals surface area contributed by atoms with Crippen LogP contribution in [0.3, 0.4) is 0 Å². The molecule has 29 heavy (non-hydrogen) atoms. The number of unbranched alkanes of at least 4 members (excludes halogenated alkanes) is 1. The van der Waals surface area contributed by atoms with E-state index < -0.39 is 11.7 Å². The van der Waals surface area contributed by atoms with Gasteiger partial charge in [0.05, 0.1) is 16.5 Å². The number of carbonyl (C=O) groups excluding carboxylic acids is 1. The Balaban J connectivity index is 1.48. The average Bonchev–Trinajstić information content (AvgIpc) is 3.12. The predicted octanol–water partition coefficient (Wildman–Crippen LogP) is 4.22. The smallest absolute Gasteiger partial charge is 0.356 e. The minimum absolute atomic E-state index is 0.0868. The Morgan fingerprint density at radius 2 is 2.21 bits per heavy atom. The zero-order valence-corrected chi connectivity index (χ0v) is 17.2. The van der Waals surface area contributed by atoms with Crippen LogP contribution in [0.4, 0.5) is 19.0 Å². The number of carbonyl (C=O) groups is 1. The topological polar surface area (TPSA) is 58.1 Å². The van der Waals surface area contributed by atoms with Gasteiger partial charge in [0.15, 0.2) is 0 Å². The van der Waals surface area contributed by atoms with Crippen molar-refractivity contribution in [2.45, 2.75) is 45.2 Å². The quantitative estimate of drug-likeness (QED) is 0.674. The van der Waals surface area contributed by atoms with E-state index >= 15 is 0 Å². The van der Waals surface area contributed by atoms with Gasteiger partial charge in [0, 0.05) is 36.9 Å². The van der Waals surface area contributed by atoms with Crippen LogP contribution in [-0.4, -0.2) is 35.5 Å². The molecule has 2 aromatic heterocycles. The number of nitrogens with one attached hydrogen (secondary N) is 1. The highest BCUT2D eigenvalue weighted by Gasteiger charge is 2.37. The van der Waals surface area contributed by atoms with Crippen LogP contribution in [-0.2, 0) is 17.4 Å². The molecule has 0 radical (unpaired) electrons. The van der Waals surface area contributed by atoms with Crippen molar-refractivity contribution in [3.05, 3.63) is 40.0 Å². The molecule has 1 unspecified atom stereocenters. The van der Waals surface area contributed by atoms with E-state index in [1.165, 1.54) is 12.3 Å². The van der Waals surface area contributed by atoms with Crippen LogP contribution in [0.1, 0.15) is 41.9 Å². The molecule has 0 aliphatic carbocycles. The third-order valence-electron chi connectivity index (χ3n) is 4.97. The Labute approximate surface area is 172 Å². The summed E-state index contributed by atoms with van der Waals surface area (Å²) in [5.74, 6) is -0.506. The van der Waals surface area contributed by atoms with E-state index in [1.807, 2.05) is 12.3 Å². The van der Waals surface area contributed by atoms with E-state index in [-0.39, 0.29) is 24.2 Å². The normalized spacial score (nSPS) is 17.4. The summed E-state index contributed by atoms with van der Waals surface area (Å²) in [5.41, 5.74) is 0.278. The van der Waals surface area contributed by atoms with Crippen molar-refractivity contribution in [2.24, 2.45) is 5.92 Å². The Morgan fingerprint density at radius 3 is 2.93 bits per heavy atom. The summed E-state index contributed by atoms with van der Waals surface area (Å²) in [5, 5.41) is 6.07. The van der Waals surface area contributed by atoms with E-state index in [9.17, 15) is 18.0 Å². The number of halogens is 3. The highest BCUT2D eigenvalue weighted by atomic mass is 32.1. The third kappa shape index (κ3) is 5.91. The fourth-order valence-corrected chi connectivity index (χ4v) is 4.35. The Hall–Kier alpha value is -2.16. The second-order valence-electron chi connectivity index (χ2n) is 7.29. The lowest BCUT2D eigenvalue weighted by atomic mass is 9.96. The number of thiazole rings is 1. The minimum atomic E-state index is -4.46. The molecule has 5 nitrogen and oxygen atoms in total. The van der Waals surface area contributed by atoms with E-state index in [2.05, 4.69) is 15.3 Å². The van der Waals surface area contributed by atoms with E-state index in [1.54, 1.807) is 16.2 Å². The van der Waals surface area contributed by atoms with Gasteiger partial charge in [-0.2, -0.15) is 13.2 Å². The highest BCUT2D eigenvalue weighted by molar-refractivity contribution is 7.09. The number of hydrogen-bond acceptors (Lipinski definition) is 5. The van der Waals surface area contributed by atoms with Gasteiger partial charge in [-0.05, 0) is 51.2 Å². The first-order valence-electron chi connectivity index (χ1n) is 9.80. The van der Waals surface area contributed by atoms with Crippen molar-refractivity contribution in [2.75, 3.05) is 24.5 Å². The molecule has 0 saturated carbocycles. The van der Waals surface area contributed by atoms with Gasteiger partial charge < -0.3 is 10.2 Å². The highest BCUT2D eigenvalue weighted by Crippen LogP contribution is 2.36. The first-order valence-corrected chi connectivity index (χ1v) is 10.7. The molecule has 1 saturated heterocycles. The maximum atomic E-state index is 13.3. The number of hydrogen-bond donors (Lipinski definition) is 1. The molecule has 0 bridgehead atoms. The zero-order chi connectivity index (χ0) is 20.9. The monoisotopic (exact) mass is 426 g/mol. The number of alkyl halides is 3. The van der Waals surface area contributed by atoms with Crippen LogP contribution >= 0.6 is 11.3 Å². The van der Waals surface area contributed by atoms with Gasteiger partial charge in [0.25, 0.3) is 0 Å². The summed E-state index contributed by atoms with van der Waals surface area (Å²) >= 11 is 1.65. The SMILES string of the molecule is Cc1csc(CCCCNC(=O)C2CCCN(c3ncccc3C(F)(F)F)C2)n1. The standard InChI is InChI=1S/C20H25F3N4OS/c1-14-13-29-17(26-14)8-2-3-9-25-19(28)15-6-5-11-27(12-15)18-16(20(21,22)23)7-4-10-24-18/h4,7,10,13,15H,2-3,5-6,8-9,11-12H2,1H3,(H,25,28). The van der Waals surface area contributed by atoms with E-state index in [4.69, 9.17) is 0 Å². The molecule has 158 valence electrons. The number of amides is 1. The number of aromatic nitrogens is 2. The van der Waals surface area contributed by atoms with Crippen LogP contribution in [0.5, 0.6) is 0 Å². The first-order chi connectivity index (χ1) is 13.8. The summed E-state index contributed by atoms with van der Waals surface area (Å²) in [6.07, 6.45) is 0.912. The van der Waals surface area contributed by atoms with Crippen LogP contribution < -0.4 is 10.2 Å². The summed E-state index contributed by atoms with van der Waals surface area (Å²) in [4.78, 5) is 22.5. The minimum Gasteiger partial charge on any atom is -0.356 e. The van der Waals surface area contributed by atoms with Crippen molar-refractivity contribution in [3.8, 4) is 0 Å². The number of rotatable bonds is 7. The Kier molecular flexibility index (Phi) is 7.10. The van der Waals surface area contributed by atoms with Gasteiger partial charge in [-0.3, -0.25) is 4.79 Å². The molecule has 2 aromatic rings. The predicted molar refractivity (Wildman–Crippen MR) is 107 cm³/mol. The molecule has 3 rings (SSSR count). The summed E-state index contributed by atoms with van der Waals surface area (Å²) < 4.78 is 39.8. The van der Waals surface area contributed by atoms with Crippen molar-refractivity contribution in [1.29, 1.82) is 0 Å². The maximum absolute atomic E-state index is 13.3. The Morgan fingerprint density at radius 1 is 1.38 bits per heavy atom. The molecule has 1 aliphatic rings. The van der Waals surface area contributed by atoms with Crippen LogP contribution in [0, 0.1) is 12.8 Å². The molecule has 1 amide bonds. The molecule has 1 N–H and O–H groups in total. The van der Waals surface area contributed by atoms with Crippen molar-refractivity contribution in [3.63, 3.8) is 0 Å². The van der Waals surface area contributed by atoms with Gasteiger partial charge in [0.1, 0.15) is 5.82 Å². The fourth-order valence-electron chi connectivity index (χ4n) is 3.53. The fraction of sp³-hybridized carbons (Fsp3) is 0.550. The molecule has 0 aromatic carbocycles. The lowest BCUT2D eigenvalue weighted by Gasteiger charge is -2.34. The third-order valence-corrected chi connectivity index (χ3v) is 5.99. The van der Waals surface area contributed by atoms with Crippen molar-refractivity contribution in [1.82, 2.24) is 15.3 Å². The number of nitrogens with zero attached hydrogens (tertiary/aromatic N) is 3. The van der Waals surface area contributed by atoms with Gasteiger partial charge in [-0.15, -0.1) is 11.3 Å². The number of anilines is 1. The molecule has 1 atom stereocenters. The van der Waals surface area contributed by atoms with Gasteiger partial charge in [-0.25, -0.2) is 9.97 Å². The Bertz CT molecular complexity index is 824. The second kappa shape index (κ2) is 9.56. The lowest BCUT2D eigenvalue weighted by molar-refractivity contribution is -0.137. The zero-order valence-electron chi connectivity index (χ0n) is 16.3.